The fraction of sp³-hybridized carbons (Fsp3) is 0.800. The smallest absolute Gasteiger partial charge is 0.213 e. The van der Waals surface area contributed by atoms with Crippen molar-refractivity contribution in [3.63, 3.8) is 0 Å². The van der Waals surface area contributed by atoms with Crippen molar-refractivity contribution in [3.05, 3.63) is 12.7 Å². The molecule has 88 valence electrons. The van der Waals surface area contributed by atoms with Crippen molar-refractivity contribution in [3.8, 4) is 0 Å². The molecule has 2 N–H and O–H groups in total. The van der Waals surface area contributed by atoms with Gasteiger partial charge in [0.1, 0.15) is 0 Å². The average molecular weight is 232 g/mol. The van der Waals surface area contributed by atoms with Crippen LogP contribution >= 0.6 is 0 Å². The van der Waals surface area contributed by atoms with Crippen LogP contribution in [0.4, 0.5) is 0 Å². The summed E-state index contributed by atoms with van der Waals surface area (Å²) in [6.45, 7) is 6.25. The fourth-order valence-corrected chi connectivity index (χ4v) is 3.28. The number of piperidine rings is 1. The third-order valence-electron chi connectivity index (χ3n) is 2.55. The van der Waals surface area contributed by atoms with Gasteiger partial charge < -0.3 is 5.32 Å². The summed E-state index contributed by atoms with van der Waals surface area (Å²) in [5.74, 6) is 0.172. The SMILES string of the molecule is C=CC(C)NS(=O)(=O)CC1CCCCN1. The number of hydrogen-bond acceptors (Lipinski definition) is 3. The second-order valence-electron chi connectivity index (χ2n) is 4.07. The van der Waals surface area contributed by atoms with E-state index in [1.54, 1.807) is 13.0 Å². The molecule has 0 spiro atoms. The highest BCUT2D eigenvalue weighted by Gasteiger charge is 2.21. The Morgan fingerprint density at radius 2 is 2.33 bits per heavy atom. The van der Waals surface area contributed by atoms with E-state index in [2.05, 4.69) is 16.6 Å². The first kappa shape index (κ1) is 12.7. The first-order valence-electron chi connectivity index (χ1n) is 5.39. The Hall–Kier alpha value is -0.390. The van der Waals surface area contributed by atoms with E-state index < -0.39 is 10.0 Å². The minimum absolute atomic E-state index is 0.105. The Labute approximate surface area is 92.2 Å². The molecule has 1 aliphatic heterocycles. The van der Waals surface area contributed by atoms with Gasteiger partial charge in [0.05, 0.1) is 5.75 Å². The highest BCUT2D eigenvalue weighted by molar-refractivity contribution is 7.89. The molecule has 0 saturated carbocycles. The summed E-state index contributed by atoms with van der Waals surface area (Å²) < 4.78 is 25.9. The number of sulfonamides is 1. The molecule has 15 heavy (non-hydrogen) atoms. The van der Waals surface area contributed by atoms with Crippen molar-refractivity contribution in [2.45, 2.75) is 38.3 Å². The largest absolute Gasteiger partial charge is 0.313 e. The van der Waals surface area contributed by atoms with E-state index in [0.717, 1.165) is 25.8 Å². The van der Waals surface area contributed by atoms with Gasteiger partial charge in [-0.3, -0.25) is 0 Å². The lowest BCUT2D eigenvalue weighted by atomic mass is 10.1. The molecule has 1 aliphatic rings. The summed E-state index contributed by atoms with van der Waals surface area (Å²) in [6, 6.07) is -0.0909. The summed E-state index contributed by atoms with van der Waals surface area (Å²) in [4.78, 5) is 0. The first-order chi connectivity index (χ1) is 7.03. The lowest BCUT2D eigenvalue weighted by Crippen LogP contribution is -2.44. The summed E-state index contributed by atoms with van der Waals surface area (Å²) in [6.07, 6.45) is 4.80. The van der Waals surface area contributed by atoms with Gasteiger partial charge in [-0.2, -0.15) is 0 Å². The predicted octanol–water partition coefficient (Wildman–Crippen LogP) is 0.622. The number of nitrogens with one attached hydrogen (secondary N) is 2. The summed E-state index contributed by atoms with van der Waals surface area (Å²) in [5.41, 5.74) is 0. The van der Waals surface area contributed by atoms with Crippen molar-refractivity contribution < 1.29 is 8.42 Å². The van der Waals surface area contributed by atoms with Crippen LogP contribution in [0.3, 0.4) is 0 Å². The molecule has 4 nitrogen and oxygen atoms in total. The maximum absolute atomic E-state index is 11.7. The van der Waals surface area contributed by atoms with Gasteiger partial charge in [-0.1, -0.05) is 12.5 Å². The van der Waals surface area contributed by atoms with Gasteiger partial charge >= 0.3 is 0 Å². The van der Waals surface area contributed by atoms with E-state index >= 15 is 0 Å². The summed E-state index contributed by atoms with van der Waals surface area (Å²) in [5, 5.41) is 3.22. The Balaban J connectivity index is 2.44. The van der Waals surface area contributed by atoms with E-state index in [0.29, 0.717) is 0 Å². The third-order valence-corrected chi connectivity index (χ3v) is 4.12. The first-order valence-corrected chi connectivity index (χ1v) is 7.04. The average Bonchev–Trinajstić information content (AvgIpc) is 2.17. The Bertz CT molecular complexity index is 295. The van der Waals surface area contributed by atoms with Gasteiger partial charge in [0.25, 0.3) is 0 Å². The number of hydrogen-bond donors (Lipinski definition) is 2. The monoisotopic (exact) mass is 232 g/mol. The molecule has 0 amide bonds. The van der Waals surface area contributed by atoms with Crippen molar-refractivity contribution in [1.29, 1.82) is 0 Å². The van der Waals surface area contributed by atoms with E-state index in [1.165, 1.54) is 0 Å². The lowest BCUT2D eigenvalue weighted by Gasteiger charge is -2.23. The Morgan fingerprint density at radius 1 is 1.60 bits per heavy atom. The molecule has 0 bridgehead atoms. The predicted molar refractivity (Wildman–Crippen MR) is 62.2 cm³/mol. The minimum Gasteiger partial charge on any atom is -0.313 e. The van der Waals surface area contributed by atoms with Crippen molar-refractivity contribution in [2.24, 2.45) is 0 Å². The van der Waals surface area contributed by atoms with Crippen LogP contribution in [-0.4, -0.2) is 32.8 Å². The van der Waals surface area contributed by atoms with E-state index in [4.69, 9.17) is 0 Å². The van der Waals surface area contributed by atoms with Gasteiger partial charge in [-0.05, 0) is 26.3 Å². The maximum Gasteiger partial charge on any atom is 0.213 e. The van der Waals surface area contributed by atoms with Gasteiger partial charge in [-0.25, -0.2) is 13.1 Å². The minimum atomic E-state index is -3.18. The highest BCUT2D eigenvalue weighted by Crippen LogP contribution is 2.08. The quantitative estimate of drug-likeness (QED) is 0.683. The molecule has 2 unspecified atom stereocenters. The second kappa shape index (κ2) is 5.63. The molecule has 1 saturated heterocycles. The molecule has 1 rings (SSSR count). The van der Waals surface area contributed by atoms with Gasteiger partial charge in [-0.15, -0.1) is 6.58 Å². The molecule has 1 heterocycles. The standard InChI is InChI=1S/C10H20N2O2S/c1-3-9(2)12-15(13,14)8-10-6-4-5-7-11-10/h3,9-12H,1,4-8H2,2H3. The van der Waals surface area contributed by atoms with Crippen LogP contribution in [0.5, 0.6) is 0 Å². The zero-order chi connectivity index (χ0) is 11.3. The third kappa shape index (κ3) is 4.77. The van der Waals surface area contributed by atoms with E-state index in [1.807, 2.05) is 0 Å². The zero-order valence-electron chi connectivity index (χ0n) is 9.20. The molecule has 1 fully saturated rings. The molecule has 0 radical (unpaired) electrons. The van der Waals surface area contributed by atoms with Crippen LogP contribution in [0.25, 0.3) is 0 Å². The van der Waals surface area contributed by atoms with Gasteiger partial charge in [0.2, 0.25) is 10.0 Å². The van der Waals surface area contributed by atoms with Crippen LogP contribution in [0.15, 0.2) is 12.7 Å². The van der Waals surface area contributed by atoms with Crippen molar-refractivity contribution >= 4 is 10.0 Å². The molecular formula is C10H20N2O2S. The van der Waals surface area contributed by atoms with E-state index in [9.17, 15) is 8.42 Å². The van der Waals surface area contributed by atoms with Crippen molar-refractivity contribution in [2.75, 3.05) is 12.3 Å². The van der Waals surface area contributed by atoms with Crippen LogP contribution < -0.4 is 10.0 Å². The van der Waals surface area contributed by atoms with Crippen LogP contribution in [-0.2, 0) is 10.0 Å². The van der Waals surface area contributed by atoms with Crippen LogP contribution in [0, 0.1) is 0 Å². The zero-order valence-corrected chi connectivity index (χ0v) is 10.0. The van der Waals surface area contributed by atoms with Gasteiger partial charge in [0.15, 0.2) is 0 Å². The molecule has 0 aromatic heterocycles. The number of rotatable bonds is 5. The summed E-state index contributed by atoms with van der Waals surface area (Å²) >= 11 is 0. The maximum atomic E-state index is 11.7. The molecular weight excluding hydrogens is 212 g/mol. The Kier molecular flexibility index (Phi) is 4.76. The summed E-state index contributed by atoms with van der Waals surface area (Å²) in [7, 11) is -3.18. The fourth-order valence-electron chi connectivity index (χ4n) is 1.71. The van der Waals surface area contributed by atoms with Crippen LogP contribution in [0.1, 0.15) is 26.2 Å². The normalized spacial score (nSPS) is 24.7. The molecule has 0 aliphatic carbocycles. The highest BCUT2D eigenvalue weighted by atomic mass is 32.2. The molecule has 5 heteroatoms. The second-order valence-corrected chi connectivity index (χ2v) is 5.87. The lowest BCUT2D eigenvalue weighted by molar-refractivity contribution is 0.422. The molecule has 0 aromatic carbocycles. The molecule has 2 atom stereocenters. The van der Waals surface area contributed by atoms with Crippen LogP contribution in [0.2, 0.25) is 0 Å². The Morgan fingerprint density at radius 3 is 2.87 bits per heavy atom. The van der Waals surface area contributed by atoms with Crippen molar-refractivity contribution in [1.82, 2.24) is 10.0 Å². The topological polar surface area (TPSA) is 58.2 Å². The van der Waals surface area contributed by atoms with E-state index in [-0.39, 0.29) is 17.8 Å². The molecule has 0 aromatic rings. The van der Waals surface area contributed by atoms with Gasteiger partial charge in [0, 0.05) is 12.1 Å².